The molecule has 0 aromatic carbocycles. The second-order valence-electron chi connectivity index (χ2n) is 6.37. The van der Waals surface area contributed by atoms with Crippen molar-refractivity contribution in [2.24, 2.45) is 5.92 Å². The van der Waals surface area contributed by atoms with E-state index in [1.807, 2.05) is 29.1 Å². The number of ether oxygens (including phenoxy) is 1. The van der Waals surface area contributed by atoms with Gasteiger partial charge in [-0.05, 0) is 37.4 Å². The van der Waals surface area contributed by atoms with Crippen LogP contribution in [0, 0.1) is 5.92 Å². The highest BCUT2D eigenvalue weighted by Crippen LogP contribution is 2.18. The van der Waals surface area contributed by atoms with Crippen molar-refractivity contribution in [1.29, 1.82) is 0 Å². The van der Waals surface area contributed by atoms with Gasteiger partial charge in [0.2, 0.25) is 5.91 Å². The molecule has 1 aromatic rings. The molecule has 1 aliphatic rings. The van der Waals surface area contributed by atoms with E-state index in [0.29, 0.717) is 5.92 Å². The Morgan fingerprint density at radius 2 is 1.91 bits per heavy atom. The van der Waals surface area contributed by atoms with Crippen molar-refractivity contribution in [3.05, 3.63) is 24.5 Å². The zero-order valence-corrected chi connectivity index (χ0v) is 13.8. The fourth-order valence-electron chi connectivity index (χ4n) is 2.82. The number of carbonyl (C=O) groups excluding carboxylic acids is 1. The van der Waals surface area contributed by atoms with Crippen molar-refractivity contribution in [3.8, 4) is 0 Å². The second kappa shape index (κ2) is 8.96. The van der Waals surface area contributed by atoms with Gasteiger partial charge in [-0.1, -0.05) is 13.8 Å². The average molecular weight is 307 g/mol. The van der Waals surface area contributed by atoms with E-state index in [1.165, 1.54) is 0 Å². The standard InChI is InChI=1S/C17H29N3O2/c1-15(2)14-16(20-8-3-4-9-20)17(21)18-6-5-7-19-10-12-22-13-11-19/h3-4,8-9,15-16H,5-7,10-14H2,1-2H3,(H,18,21)/t16-/m1/s1. The molecule has 5 heteroatoms. The van der Waals surface area contributed by atoms with Crippen molar-refractivity contribution in [2.75, 3.05) is 39.4 Å². The van der Waals surface area contributed by atoms with Crippen LogP contribution in [0.25, 0.3) is 0 Å². The maximum Gasteiger partial charge on any atom is 0.243 e. The summed E-state index contributed by atoms with van der Waals surface area (Å²) in [6.45, 7) is 9.76. The maximum atomic E-state index is 12.5. The lowest BCUT2D eigenvalue weighted by atomic mass is 10.0. The third kappa shape index (κ3) is 5.46. The highest BCUT2D eigenvalue weighted by molar-refractivity contribution is 5.80. The van der Waals surface area contributed by atoms with Gasteiger partial charge in [0.05, 0.1) is 13.2 Å². The van der Waals surface area contributed by atoms with Crippen molar-refractivity contribution >= 4 is 5.91 Å². The maximum absolute atomic E-state index is 12.5. The van der Waals surface area contributed by atoms with Crippen LogP contribution in [0.15, 0.2) is 24.5 Å². The minimum Gasteiger partial charge on any atom is -0.379 e. The van der Waals surface area contributed by atoms with Crippen LogP contribution in [0.2, 0.25) is 0 Å². The second-order valence-corrected chi connectivity index (χ2v) is 6.37. The Morgan fingerprint density at radius 3 is 2.55 bits per heavy atom. The molecule has 22 heavy (non-hydrogen) atoms. The topological polar surface area (TPSA) is 46.5 Å². The number of nitrogens with one attached hydrogen (secondary N) is 1. The SMILES string of the molecule is CC(C)C[C@H](C(=O)NCCCN1CCOCC1)n1cccc1. The Bertz CT molecular complexity index is 425. The molecule has 124 valence electrons. The van der Waals surface area contributed by atoms with E-state index in [1.54, 1.807) is 0 Å². The summed E-state index contributed by atoms with van der Waals surface area (Å²) in [7, 11) is 0. The molecule has 1 N–H and O–H groups in total. The summed E-state index contributed by atoms with van der Waals surface area (Å²) in [6, 6.07) is 3.84. The monoisotopic (exact) mass is 307 g/mol. The number of morpholine rings is 1. The number of amides is 1. The molecule has 0 bridgehead atoms. The van der Waals surface area contributed by atoms with E-state index >= 15 is 0 Å². The summed E-state index contributed by atoms with van der Waals surface area (Å²) >= 11 is 0. The van der Waals surface area contributed by atoms with Gasteiger partial charge in [-0.15, -0.1) is 0 Å². The van der Waals surface area contributed by atoms with E-state index in [9.17, 15) is 4.79 Å². The largest absolute Gasteiger partial charge is 0.379 e. The lowest BCUT2D eigenvalue weighted by Crippen LogP contribution is -2.39. The molecule has 0 radical (unpaired) electrons. The number of hydrogen-bond donors (Lipinski definition) is 1. The van der Waals surface area contributed by atoms with E-state index in [4.69, 9.17) is 4.74 Å². The fraction of sp³-hybridized carbons (Fsp3) is 0.706. The lowest BCUT2D eigenvalue weighted by molar-refractivity contribution is -0.124. The summed E-state index contributed by atoms with van der Waals surface area (Å²) in [6.07, 6.45) is 5.80. The lowest BCUT2D eigenvalue weighted by Gasteiger charge is -2.26. The molecule has 1 aromatic heterocycles. The summed E-state index contributed by atoms with van der Waals surface area (Å²) in [5.41, 5.74) is 0. The number of nitrogens with zero attached hydrogens (tertiary/aromatic N) is 2. The minimum absolute atomic E-state index is 0.0987. The highest BCUT2D eigenvalue weighted by atomic mass is 16.5. The van der Waals surface area contributed by atoms with Gasteiger partial charge in [0.25, 0.3) is 0 Å². The smallest absolute Gasteiger partial charge is 0.243 e. The van der Waals surface area contributed by atoms with Crippen molar-refractivity contribution in [1.82, 2.24) is 14.8 Å². The van der Waals surface area contributed by atoms with Gasteiger partial charge in [-0.25, -0.2) is 0 Å². The number of rotatable bonds is 8. The molecule has 1 aliphatic heterocycles. The zero-order chi connectivity index (χ0) is 15.8. The Kier molecular flexibility index (Phi) is 6.93. The summed E-state index contributed by atoms with van der Waals surface area (Å²) < 4.78 is 7.35. The third-order valence-corrected chi connectivity index (χ3v) is 4.04. The Balaban J connectivity index is 1.73. The normalized spacial score (nSPS) is 17.6. The molecule has 0 spiro atoms. The molecule has 1 fully saturated rings. The van der Waals surface area contributed by atoms with Gasteiger partial charge in [-0.2, -0.15) is 0 Å². The molecule has 1 amide bonds. The first kappa shape index (κ1) is 17.0. The van der Waals surface area contributed by atoms with Crippen LogP contribution in [0.4, 0.5) is 0 Å². The number of carbonyl (C=O) groups is 1. The first-order valence-corrected chi connectivity index (χ1v) is 8.37. The van der Waals surface area contributed by atoms with E-state index in [2.05, 4.69) is 24.1 Å². The molecular weight excluding hydrogens is 278 g/mol. The fourth-order valence-corrected chi connectivity index (χ4v) is 2.82. The Hall–Kier alpha value is -1.33. The third-order valence-electron chi connectivity index (χ3n) is 4.04. The minimum atomic E-state index is -0.0987. The molecule has 0 saturated carbocycles. The van der Waals surface area contributed by atoms with E-state index in [0.717, 1.165) is 52.2 Å². The number of aromatic nitrogens is 1. The van der Waals surface area contributed by atoms with Gasteiger partial charge in [0, 0.05) is 32.0 Å². The Labute approximate surface area is 133 Å². The first-order valence-electron chi connectivity index (χ1n) is 8.37. The average Bonchev–Trinajstić information content (AvgIpc) is 3.04. The molecular formula is C17H29N3O2. The highest BCUT2D eigenvalue weighted by Gasteiger charge is 2.20. The summed E-state index contributed by atoms with van der Waals surface area (Å²) in [5, 5.41) is 3.10. The van der Waals surface area contributed by atoms with Crippen molar-refractivity contribution in [3.63, 3.8) is 0 Å². The molecule has 1 saturated heterocycles. The molecule has 5 nitrogen and oxygen atoms in total. The predicted octanol–water partition coefficient (Wildman–Crippen LogP) is 1.91. The molecule has 2 rings (SSSR count). The van der Waals surface area contributed by atoms with Gasteiger partial charge in [-0.3, -0.25) is 9.69 Å². The van der Waals surface area contributed by atoms with E-state index in [-0.39, 0.29) is 11.9 Å². The molecule has 1 atom stereocenters. The number of hydrogen-bond acceptors (Lipinski definition) is 3. The predicted molar refractivity (Wildman–Crippen MR) is 87.8 cm³/mol. The molecule has 0 aliphatic carbocycles. The van der Waals surface area contributed by atoms with Crippen LogP contribution in [0.1, 0.15) is 32.7 Å². The van der Waals surface area contributed by atoms with Gasteiger partial charge >= 0.3 is 0 Å². The van der Waals surface area contributed by atoms with E-state index < -0.39 is 0 Å². The quantitative estimate of drug-likeness (QED) is 0.746. The van der Waals surface area contributed by atoms with Gasteiger partial charge in [0.1, 0.15) is 6.04 Å². The van der Waals surface area contributed by atoms with Gasteiger partial charge < -0.3 is 14.6 Å². The zero-order valence-electron chi connectivity index (χ0n) is 13.8. The van der Waals surface area contributed by atoms with Crippen molar-refractivity contribution in [2.45, 2.75) is 32.7 Å². The van der Waals surface area contributed by atoms with Gasteiger partial charge in [0.15, 0.2) is 0 Å². The van der Waals surface area contributed by atoms with Crippen LogP contribution >= 0.6 is 0 Å². The molecule has 2 heterocycles. The van der Waals surface area contributed by atoms with Crippen molar-refractivity contribution < 1.29 is 9.53 Å². The van der Waals surface area contributed by atoms with Crippen LogP contribution in [0.3, 0.4) is 0 Å². The van der Waals surface area contributed by atoms with Crippen LogP contribution in [-0.4, -0.2) is 54.8 Å². The van der Waals surface area contributed by atoms with Crippen LogP contribution in [-0.2, 0) is 9.53 Å². The van der Waals surface area contributed by atoms with Crippen LogP contribution in [0.5, 0.6) is 0 Å². The summed E-state index contributed by atoms with van der Waals surface area (Å²) in [4.78, 5) is 14.9. The van der Waals surface area contributed by atoms with Crippen LogP contribution < -0.4 is 5.32 Å². The Morgan fingerprint density at radius 1 is 1.23 bits per heavy atom. The first-order chi connectivity index (χ1) is 10.7. The molecule has 0 unspecified atom stereocenters. The summed E-state index contributed by atoms with van der Waals surface area (Å²) in [5.74, 6) is 0.623.